The molecule has 0 bridgehead atoms. The van der Waals surface area contributed by atoms with Gasteiger partial charge >= 0.3 is 0 Å². The van der Waals surface area contributed by atoms with Gasteiger partial charge < -0.3 is 4.98 Å². The SMILES string of the molecule is CC1=CC(=O)N(Nc2[nH]c(-c3cccc(S(N)(=O)=O)c3)nc(=S)c2C#N)C1=O. The number of nitrogens with two attached hydrogens (primary N) is 1. The van der Waals surface area contributed by atoms with Crippen LogP contribution in [0.5, 0.6) is 0 Å². The van der Waals surface area contributed by atoms with Crippen LogP contribution < -0.4 is 10.6 Å². The first-order chi connectivity index (χ1) is 13.1. The summed E-state index contributed by atoms with van der Waals surface area (Å²) in [6.07, 6.45) is 1.15. The number of aromatic amines is 1. The number of sulfonamides is 1. The number of rotatable bonds is 4. The Morgan fingerprint density at radius 1 is 1.36 bits per heavy atom. The fourth-order valence-corrected chi connectivity index (χ4v) is 3.22. The smallest absolute Gasteiger partial charge is 0.275 e. The highest BCUT2D eigenvalue weighted by molar-refractivity contribution is 7.89. The van der Waals surface area contributed by atoms with Crippen LogP contribution in [0.3, 0.4) is 0 Å². The number of anilines is 1. The second-order valence-corrected chi connectivity index (χ2v) is 7.69. The highest BCUT2D eigenvalue weighted by Crippen LogP contribution is 2.24. The summed E-state index contributed by atoms with van der Waals surface area (Å²) in [5, 5.41) is 15.2. The van der Waals surface area contributed by atoms with E-state index in [0.717, 1.165) is 11.1 Å². The first-order valence-corrected chi connectivity index (χ1v) is 9.58. The van der Waals surface area contributed by atoms with Gasteiger partial charge in [-0.3, -0.25) is 15.0 Å². The van der Waals surface area contributed by atoms with E-state index in [-0.39, 0.29) is 32.3 Å². The van der Waals surface area contributed by atoms with Gasteiger partial charge in [-0.15, -0.1) is 0 Å². The van der Waals surface area contributed by atoms with Crippen LogP contribution in [-0.2, 0) is 19.6 Å². The molecule has 0 unspecified atom stereocenters. The summed E-state index contributed by atoms with van der Waals surface area (Å²) in [5.74, 6) is -1.12. The molecular formula is C16H12N6O4S2. The number of nitrogens with zero attached hydrogens (tertiary/aromatic N) is 3. The van der Waals surface area contributed by atoms with Crippen LogP contribution >= 0.6 is 12.2 Å². The number of hydrogen-bond acceptors (Lipinski definition) is 8. The predicted molar refractivity (Wildman–Crippen MR) is 100 cm³/mol. The number of benzene rings is 1. The molecule has 2 amide bonds. The Kier molecular flexibility index (Phi) is 4.82. The standard InChI is InChI=1S/C16H12N6O4S2/c1-8-5-12(23)22(16(8)24)21-14-11(7-17)15(27)20-13(19-14)9-3-2-4-10(6-9)28(18,25)26/h2-6H,1H3,(H2,18,25,26)(H2,19,20,21,27). The molecule has 1 aromatic heterocycles. The van der Waals surface area contributed by atoms with Crippen molar-refractivity contribution >= 4 is 39.9 Å². The van der Waals surface area contributed by atoms with E-state index in [1.165, 1.54) is 25.1 Å². The summed E-state index contributed by atoms with van der Waals surface area (Å²) in [6.45, 7) is 1.48. The molecule has 0 saturated heterocycles. The van der Waals surface area contributed by atoms with Gasteiger partial charge in [-0.2, -0.15) is 10.3 Å². The number of aromatic nitrogens is 2. The zero-order valence-corrected chi connectivity index (χ0v) is 15.9. The van der Waals surface area contributed by atoms with Crippen molar-refractivity contribution in [1.29, 1.82) is 5.26 Å². The van der Waals surface area contributed by atoms with E-state index in [9.17, 15) is 23.3 Å². The van der Waals surface area contributed by atoms with Crippen LogP contribution in [0.1, 0.15) is 12.5 Å². The maximum Gasteiger partial charge on any atom is 0.275 e. The Hall–Kier alpha value is -3.40. The third-order valence-corrected chi connectivity index (χ3v) is 5.00. The van der Waals surface area contributed by atoms with Gasteiger partial charge in [0, 0.05) is 17.2 Å². The second kappa shape index (κ2) is 6.97. The highest BCUT2D eigenvalue weighted by atomic mass is 32.2. The van der Waals surface area contributed by atoms with E-state index < -0.39 is 21.8 Å². The van der Waals surface area contributed by atoms with E-state index in [1.54, 1.807) is 6.07 Å². The molecule has 28 heavy (non-hydrogen) atoms. The molecule has 0 saturated carbocycles. The first kappa shape index (κ1) is 19.4. The summed E-state index contributed by atoms with van der Waals surface area (Å²) < 4.78 is 23.0. The summed E-state index contributed by atoms with van der Waals surface area (Å²) in [4.78, 5) is 30.7. The lowest BCUT2D eigenvalue weighted by Crippen LogP contribution is -2.37. The predicted octanol–water partition coefficient (Wildman–Crippen LogP) is 0.967. The molecule has 10 nitrogen and oxygen atoms in total. The largest absolute Gasteiger partial charge is 0.324 e. The molecule has 3 rings (SSSR count). The minimum absolute atomic E-state index is 0.0386. The molecule has 1 aliphatic rings. The molecule has 0 radical (unpaired) electrons. The molecule has 142 valence electrons. The zero-order chi connectivity index (χ0) is 20.6. The Morgan fingerprint density at radius 2 is 2.07 bits per heavy atom. The Labute approximate surface area is 164 Å². The summed E-state index contributed by atoms with van der Waals surface area (Å²) in [6, 6.07) is 7.45. The lowest BCUT2D eigenvalue weighted by molar-refractivity contribution is -0.135. The van der Waals surface area contributed by atoms with Crippen molar-refractivity contribution < 1.29 is 18.0 Å². The normalized spacial score (nSPS) is 14.0. The summed E-state index contributed by atoms with van der Waals surface area (Å²) in [5.41, 5.74) is 2.99. The minimum Gasteiger partial charge on any atom is -0.324 e. The number of primary sulfonamides is 1. The van der Waals surface area contributed by atoms with Gasteiger partial charge in [0.2, 0.25) is 10.0 Å². The monoisotopic (exact) mass is 416 g/mol. The average Bonchev–Trinajstić information content (AvgIpc) is 2.87. The van der Waals surface area contributed by atoms with E-state index in [2.05, 4.69) is 15.4 Å². The zero-order valence-electron chi connectivity index (χ0n) is 14.3. The Balaban J connectivity index is 2.10. The maximum atomic E-state index is 12.1. The van der Waals surface area contributed by atoms with Gasteiger partial charge in [-0.25, -0.2) is 18.5 Å². The molecule has 0 aliphatic carbocycles. The quantitative estimate of drug-likeness (QED) is 0.490. The molecule has 2 heterocycles. The number of carbonyl (C=O) groups is 2. The first-order valence-electron chi connectivity index (χ1n) is 7.63. The van der Waals surface area contributed by atoms with Crippen LogP contribution in [-0.4, -0.2) is 35.2 Å². The van der Waals surface area contributed by atoms with Gasteiger partial charge in [0.1, 0.15) is 27.9 Å². The van der Waals surface area contributed by atoms with E-state index in [4.69, 9.17) is 17.4 Å². The third kappa shape index (κ3) is 3.54. The van der Waals surface area contributed by atoms with Crippen LogP contribution in [0.15, 0.2) is 40.8 Å². The molecule has 1 aromatic carbocycles. The Bertz CT molecular complexity index is 1260. The summed E-state index contributed by atoms with van der Waals surface area (Å²) >= 11 is 5.12. The number of H-pyrrole nitrogens is 1. The minimum atomic E-state index is -3.95. The lowest BCUT2D eigenvalue weighted by atomic mass is 10.2. The van der Waals surface area contributed by atoms with Crippen LogP contribution in [0, 0.1) is 16.0 Å². The van der Waals surface area contributed by atoms with Crippen molar-refractivity contribution in [2.24, 2.45) is 5.14 Å². The van der Waals surface area contributed by atoms with Crippen molar-refractivity contribution in [2.45, 2.75) is 11.8 Å². The number of hydrazine groups is 1. The average molecular weight is 416 g/mol. The van der Waals surface area contributed by atoms with Gasteiger partial charge in [0.25, 0.3) is 11.8 Å². The second-order valence-electron chi connectivity index (χ2n) is 5.74. The highest BCUT2D eigenvalue weighted by Gasteiger charge is 2.29. The molecular weight excluding hydrogens is 404 g/mol. The molecule has 2 aromatic rings. The molecule has 1 aliphatic heterocycles. The fourth-order valence-electron chi connectivity index (χ4n) is 2.42. The lowest BCUT2D eigenvalue weighted by Gasteiger charge is -2.18. The molecule has 12 heteroatoms. The Morgan fingerprint density at radius 3 is 2.64 bits per heavy atom. The fraction of sp³-hybridized carbons (Fsp3) is 0.0625. The van der Waals surface area contributed by atoms with Crippen LogP contribution in [0.4, 0.5) is 5.82 Å². The number of nitriles is 1. The van der Waals surface area contributed by atoms with Crippen molar-refractivity contribution in [3.8, 4) is 17.5 Å². The van der Waals surface area contributed by atoms with Crippen molar-refractivity contribution in [1.82, 2.24) is 15.0 Å². The molecule has 0 fully saturated rings. The third-order valence-electron chi connectivity index (χ3n) is 3.79. The molecule has 0 spiro atoms. The van der Waals surface area contributed by atoms with E-state index in [1.807, 2.05) is 6.07 Å². The molecule has 4 N–H and O–H groups in total. The van der Waals surface area contributed by atoms with Gasteiger partial charge in [0.15, 0.2) is 0 Å². The van der Waals surface area contributed by atoms with Gasteiger partial charge in [-0.05, 0) is 19.1 Å². The number of hydrogen-bond donors (Lipinski definition) is 3. The number of carbonyl (C=O) groups excluding carboxylic acids is 2. The van der Waals surface area contributed by atoms with Crippen molar-refractivity contribution in [3.05, 3.63) is 46.1 Å². The van der Waals surface area contributed by atoms with Crippen molar-refractivity contribution in [3.63, 3.8) is 0 Å². The van der Waals surface area contributed by atoms with Crippen LogP contribution in [0.25, 0.3) is 11.4 Å². The summed E-state index contributed by atoms with van der Waals surface area (Å²) in [7, 11) is -3.95. The topological polar surface area (TPSA) is 162 Å². The van der Waals surface area contributed by atoms with Crippen LogP contribution in [0.2, 0.25) is 0 Å². The number of amides is 2. The van der Waals surface area contributed by atoms with E-state index in [0.29, 0.717) is 5.56 Å². The number of nitrogens with one attached hydrogen (secondary N) is 2. The maximum absolute atomic E-state index is 12.1. The van der Waals surface area contributed by atoms with E-state index >= 15 is 0 Å². The molecule has 0 atom stereocenters. The number of imide groups is 1. The van der Waals surface area contributed by atoms with Gasteiger partial charge in [0.05, 0.1) is 4.90 Å². The van der Waals surface area contributed by atoms with Gasteiger partial charge in [-0.1, -0.05) is 24.4 Å². The van der Waals surface area contributed by atoms with Crippen molar-refractivity contribution in [2.75, 3.05) is 5.43 Å².